The molecule has 0 saturated heterocycles. The van der Waals surface area contributed by atoms with Crippen molar-refractivity contribution in [1.29, 1.82) is 0 Å². The summed E-state index contributed by atoms with van der Waals surface area (Å²) in [6, 6.07) is 17.9. The van der Waals surface area contributed by atoms with Crippen LogP contribution in [0.1, 0.15) is 74.0 Å². The molecule has 0 aromatic heterocycles. The summed E-state index contributed by atoms with van der Waals surface area (Å²) < 4.78 is 2.66. The van der Waals surface area contributed by atoms with Crippen LogP contribution in [0.2, 0.25) is 6.55 Å². The van der Waals surface area contributed by atoms with Crippen molar-refractivity contribution in [1.82, 2.24) is 0 Å². The second-order valence-corrected chi connectivity index (χ2v) is 24.6. The van der Waals surface area contributed by atoms with Crippen molar-refractivity contribution in [2.75, 3.05) is 0 Å². The minimum Gasteiger partial charge on any atom is -1.00 e. The normalized spacial score (nSPS) is 15.7. The van der Waals surface area contributed by atoms with Crippen LogP contribution in [-0.2, 0) is 20.9 Å². The molecule has 2 aromatic rings. The summed E-state index contributed by atoms with van der Waals surface area (Å²) in [6.45, 7) is 9.45. The maximum absolute atomic E-state index is 2.57. The SMILES string of the molecule is CCC1=Cc2c(-c3ccccc3)cccc2[CH]1[Zr+2]([SiH2]C)[C]1=CC=CC1.CCCCCC.[Cl-].[Cl-]. The van der Waals surface area contributed by atoms with E-state index in [1.807, 2.05) is 3.28 Å². The molecule has 1 atom stereocenters. The molecule has 0 N–H and O–H groups in total. The fourth-order valence-corrected chi connectivity index (χ4v) is 22.4. The summed E-state index contributed by atoms with van der Waals surface area (Å²) in [5, 5.41) is 0. The van der Waals surface area contributed by atoms with Crippen molar-refractivity contribution in [3.05, 3.63) is 86.7 Å². The van der Waals surface area contributed by atoms with Gasteiger partial charge in [-0.1, -0.05) is 39.5 Å². The van der Waals surface area contributed by atoms with Gasteiger partial charge in [-0.25, -0.2) is 0 Å². The van der Waals surface area contributed by atoms with Gasteiger partial charge < -0.3 is 24.8 Å². The number of allylic oxidation sites excluding steroid dienone is 5. The number of hydrogen-bond acceptors (Lipinski definition) is 0. The molecule has 0 amide bonds. The van der Waals surface area contributed by atoms with E-state index < -0.39 is 20.9 Å². The quantitative estimate of drug-likeness (QED) is 0.334. The first kappa shape index (κ1) is 30.4. The molecule has 0 nitrogen and oxygen atoms in total. The number of halogens is 2. The van der Waals surface area contributed by atoms with E-state index in [4.69, 9.17) is 0 Å². The number of benzene rings is 2. The predicted molar refractivity (Wildman–Crippen MR) is 139 cm³/mol. The molecule has 0 saturated carbocycles. The molecule has 4 heteroatoms. The molecule has 0 aliphatic heterocycles. The molecule has 0 radical (unpaired) electrons. The summed E-state index contributed by atoms with van der Waals surface area (Å²) in [4.78, 5) is 0. The topological polar surface area (TPSA) is 0 Å². The van der Waals surface area contributed by atoms with Gasteiger partial charge in [0.25, 0.3) is 0 Å². The standard InChI is InChI=1S/C17H15.C6H14.C5H5.CH5Si.2ClH.Zr/c1-2-13-11-15-9-6-10-16(17(15)12-13)14-7-4-3-5-8-14;1-3-5-6-4-2;1-2-4-5-3-1;1-2;;;/h3-12H,2H2,1H3;3-6H2,1-2H3;1-3H,4H2;2H2,1H3;2*1H;/q;;;;;;+2/p-2. The van der Waals surface area contributed by atoms with E-state index in [-0.39, 0.29) is 31.5 Å². The second-order valence-electron chi connectivity index (χ2n) is 8.59. The van der Waals surface area contributed by atoms with Crippen LogP contribution in [0.3, 0.4) is 0 Å². The first-order chi connectivity index (χ1) is 15.2. The van der Waals surface area contributed by atoms with Crippen LogP contribution in [0.15, 0.2) is 75.6 Å². The summed E-state index contributed by atoms with van der Waals surface area (Å²) in [7, 11) is 0. The smallest absolute Gasteiger partial charge is 0.0536 e. The van der Waals surface area contributed by atoms with E-state index in [1.165, 1.54) is 55.2 Å². The average molecular weight is 578 g/mol. The van der Waals surface area contributed by atoms with Crippen molar-refractivity contribution in [2.45, 2.75) is 69.5 Å². The van der Waals surface area contributed by atoms with Gasteiger partial charge in [0.15, 0.2) is 0 Å². The van der Waals surface area contributed by atoms with E-state index in [0.29, 0.717) is 0 Å². The minimum absolute atomic E-state index is 0. The summed E-state index contributed by atoms with van der Waals surface area (Å²) >= 11 is -1.56. The first-order valence-corrected chi connectivity index (χ1v) is 22.3. The van der Waals surface area contributed by atoms with Gasteiger partial charge in [0.2, 0.25) is 0 Å². The molecular formula is C29H39Cl2SiZr. The Kier molecular flexibility index (Phi) is 14.8. The maximum atomic E-state index is 2.57. The monoisotopic (exact) mass is 575 g/mol. The Labute approximate surface area is 224 Å². The van der Waals surface area contributed by atoms with E-state index in [0.717, 1.165) is 3.63 Å². The van der Waals surface area contributed by atoms with Crippen LogP contribution in [0.5, 0.6) is 0 Å². The van der Waals surface area contributed by atoms with Gasteiger partial charge in [0, 0.05) is 0 Å². The van der Waals surface area contributed by atoms with Gasteiger partial charge >= 0.3 is 161 Å². The van der Waals surface area contributed by atoms with Crippen molar-refractivity contribution in [3.63, 3.8) is 0 Å². The molecule has 0 bridgehead atoms. The third-order valence-electron chi connectivity index (χ3n) is 6.51. The molecule has 2 aromatic carbocycles. The van der Waals surface area contributed by atoms with Gasteiger partial charge in [-0.3, -0.25) is 0 Å². The molecule has 33 heavy (non-hydrogen) atoms. The van der Waals surface area contributed by atoms with E-state index in [1.54, 1.807) is 11.1 Å². The van der Waals surface area contributed by atoms with Crippen LogP contribution in [-0.4, -0.2) is 6.65 Å². The summed E-state index contributed by atoms with van der Waals surface area (Å²) in [6.07, 6.45) is 17.7. The van der Waals surface area contributed by atoms with Gasteiger partial charge in [-0.05, 0) is 0 Å². The minimum atomic E-state index is -1.56. The number of unbranched alkanes of at least 4 members (excludes halogenated alkanes) is 3. The second kappa shape index (κ2) is 16.1. The van der Waals surface area contributed by atoms with Crippen molar-refractivity contribution in [3.8, 4) is 11.1 Å². The number of rotatable bonds is 8. The molecule has 4 rings (SSSR count). The van der Waals surface area contributed by atoms with Crippen molar-refractivity contribution >= 4 is 12.7 Å². The molecular weight excluding hydrogens is 539 g/mol. The molecule has 177 valence electrons. The number of fused-ring (bicyclic) bond motifs is 1. The van der Waals surface area contributed by atoms with Crippen LogP contribution in [0, 0.1) is 0 Å². The molecule has 0 heterocycles. The molecule has 2 aliphatic rings. The molecule has 2 aliphatic carbocycles. The average Bonchev–Trinajstić information content (AvgIpc) is 3.48. The Hall–Kier alpha value is -0.660. The van der Waals surface area contributed by atoms with Crippen LogP contribution < -0.4 is 24.8 Å². The van der Waals surface area contributed by atoms with E-state index in [9.17, 15) is 0 Å². The van der Waals surface area contributed by atoms with Crippen LogP contribution >= 0.6 is 0 Å². The molecule has 0 fully saturated rings. The number of hydrogen-bond donors (Lipinski definition) is 0. The molecule has 0 spiro atoms. The Morgan fingerprint density at radius 3 is 2.15 bits per heavy atom. The third-order valence-corrected chi connectivity index (χ3v) is 24.3. The summed E-state index contributed by atoms with van der Waals surface area (Å²) in [5.41, 5.74) is 7.66. The van der Waals surface area contributed by atoms with Crippen molar-refractivity contribution < 1.29 is 45.7 Å². The van der Waals surface area contributed by atoms with Gasteiger partial charge in [-0.15, -0.1) is 0 Å². The third kappa shape index (κ3) is 7.66. The van der Waals surface area contributed by atoms with Crippen LogP contribution in [0.25, 0.3) is 17.2 Å². The Morgan fingerprint density at radius 2 is 1.61 bits per heavy atom. The van der Waals surface area contributed by atoms with E-state index in [2.05, 4.69) is 100 Å². The first-order valence-electron chi connectivity index (χ1n) is 12.4. The summed E-state index contributed by atoms with van der Waals surface area (Å²) in [5.74, 6) is 0. The van der Waals surface area contributed by atoms with Crippen LogP contribution in [0.4, 0.5) is 0 Å². The van der Waals surface area contributed by atoms with Gasteiger partial charge in [0.1, 0.15) is 0 Å². The fourth-order valence-electron chi connectivity index (χ4n) is 4.85. The Balaban J connectivity index is 0.000000608. The zero-order valence-electron chi connectivity index (χ0n) is 20.7. The zero-order valence-corrected chi connectivity index (χ0v) is 26.1. The predicted octanol–water partition coefficient (Wildman–Crippen LogP) is 2.39. The Bertz CT molecular complexity index is 930. The largest absolute Gasteiger partial charge is 1.00 e. The fraction of sp³-hybridized carbons (Fsp3) is 0.379. The Morgan fingerprint density at radius 1 is 0.909 bits per heavy atom. The van der Waals surface area contributed by atoms with Crippen molar-refractivity contribution in [2.24, 2.45) is 0 Å². The van der Waals surface area contributed by atoms with Gasteiger partial charge in [-0.2, -0.15) is 0 Å². The van der Waals surface area contributed by atoms with E-state index >= 15 is 0 Å². The molecule has 1 unspecified atom stereocenters. The van der Waals surface area contributed by atoms with Gasteiger partial charge in [0.05, 0.1) is 0 Å². The zero-order chi connectivity index (χ0) is 22.1. The maximum Gasteiger partial charge on any atom is -0.0536 e.